The smallest absolute Gasteiger partial charge is 0.295 e. The lowest BCUT2D eigenvalue weighted by Crippen LogP contribution is -3.05. The van der Waals surface area contributed by atoms with Crippen LogP contribution in [0, 0.1) is 0 Å². The Hall–Kier alpha value is -3.06. The number of amides is 1. The van der Waals surface area contributed by atoms with Crippen molar-refractivity contribution in [2.75, 3.05) is 33.8 Å². The molecule has 0 saturated carbocycles. The number of carbonyl (C=O) groups excluding carboxylic acids is 2. The highest BCUT2D eigenvalue weighted by Gasteiger charge is 2.47. The van der Waals surface area contributed by atoms with Crippen molar-refractivity contribution in [1.29, 1.82) is 0 Å². The van der Waals surface area contributed by atoms with Crippen molar-refractivity contribution >= 4 is 17.4 Å². The van der Waals surface area contributed by atoms with E-state index < -0.39 is 17.7 Å². The Bertz CT molecular complexity index is 900. The fourth-order valence-corrected chi connectivity index (χ4v) is 3.54. The van der Waals surface area contributed by atoms with Gasteiger partial charge in [-0.15, -0.1) is 0 Å². The van der Waals surface area contributed by atoms with E-state index in [0.717, 1.165) is 19.4 Å². The summed E-state index contributed by atoms with van der Waals surface area (Å²) in [6.07, 6.45) is 3.12. The van der Waals surface area contributed by atoms with Crippen LogP contribution in [0.1, 0.15) is 37.1 Å². The lowest BCUT2D eigenvalue weighted by molar-refractivity contribution is -0.858. The summed E-state index contributed by atoms with van der Waals surface area (Å²) >= 11 is 0. The first-order chi connectivity index (χ1) is 14.4. The van der Waals surface area contributed by atoms with E-state index in [1.807, 2.05) is 21.0 Å². The fourth-order valence-electron chi connectivity index (χ4n) is 3.54. The van der Waals surface area contributed by atoms with Gasteiger partial charge >= 0.3 is 0 Å². The Morgan fingerprint density at radius 2 is 1.93 bits per heavy atom. The SMILES string of the molecule is CCCOc1ccc(C(O)=C2C(=O)C(=O)N(CCC[NH+](C)C)[C@@H]2c2ccco2)cc1. The van der Waals surface area contributed by atoms with E-state index in [1.165, 1.54) is 16.1 Å². The van der Waals surface area contributed by atoms with Crippen LogP contribution in [0.5, 0.6) is 5.75 Å². The van der Waals surface area contributed by atoms with E-state index >= 15 is 0 Å². The zero-order chi connectivity index (χ0) is 21.7. The molecule has 1 atom stereocenters. The zero-order valence-electron chi connectivity index (χ0n) is 17.7. The number of ketones is 1. The number of Topliss-reactive ketones (excluding diaryl/α,β-unsaturated/α-hetero) is 1. The predicted molar refractivity (Wildman–Crippen MR) is 112 cm³/mol. The molecular weight excluding hydrogens is 384 g/mol. The zero-order valence-corrected chi connectivity index (χ0v) is 17.7. The van der Waals surface area contributed by atoms with E-state index in [0.29, 0.717) is 30.2 Å². The highest BCUT2D eigenvalue weighted by molar-refractivity contribution is 6.46. The Morgan fingerprint density at radius 3 is 2.53 bits per heavy atom. The standard InChI is InChI=1S/C23H28N2O5/c1-4-14-29-17-10-8-16(9-11-17)21(26)19-20(18-7-5-15-30-18)25(23(28)22(19)27)13-6-12-24(2)3/h5,7-11,15,20,26H,4,6,12-14H2,1-3H3/p+1/t20-/m1/s1. The average Bonchev–Trinajstić information content (AvgIpc) is 3.34. The van der Waals surface area contributed by atoms with E-state index in [2.05, 4.69) is 0 Å². The van der Waals surface area contributed by atoms with E-state index in [-0.39, 0.29) is 11.3 Å². The molecule has 0 spiro atoms. The first-order valence-corrected chi connectivity index (χ1v) is 10.3. The van der Waals surface area contributed by atoms with Gasteiger partial charge in [-0.1, -0.05) is 6.92 Å². The first kappa shape index (κ1) is 21.6. The molecule has 2 aromatic rings. The fraction of sp³-hybridized carbons (Fsp3) is 0.391. The van der Waals surface area contributed by atoms with Gasteiger partial charge in [-0.2, -0.15) is 0 Å². The molecule has 30 heavy (non-hydrogen) atoms. The minimum absolute atomic E-state index is 0.0503. The molecule has 0 bridgehead atoms. The molecule has 2 N–H and O–H groups in total. The summed E-state index contributed by atoms with van der Waals surface area (Å²) in [6.45, 7) is 3.88. The number of furan rings is 1. The number of nitrogens with zero attached hydrogens (tertiary/aromatic N) is 1. The summed E-state index contributed by atoms with van der Waals surface area (Å²) in [5.74, 6) is -0.386. The molecule has 1 aromatic heterocycles. The van der Waals surface area contributed by atoms with Crippen LogP contribution in [0.25, 0.3) is 5.76 Å². The van der Waals surface area contributed by atoms with Gasteiger partial charge in [0.25, 0.3) is 11.7 Å². The van der Waals surface area contributed by atoms with Gasteiger partial charge in [-0.25, -0.2) is 0 Å². The Kier molecular flexibility index (Phi) is 6.95. The number of quaternary nitrogens is 1. The van der Waals surface area contributed by atoms with Crippen LogP contribution in [-0.4, -0.2) is 55.5 Å². The van der Waals surface area contributed by atoms with Gasteiger partial charge in [0.05, 0.1) is 39.1 Å². The maximum absolute atomic E-state index is 12.9. The first-order valence-electron chi connectivity index (χ1n) is 10.3. The number of hydrogen-bond donors (Lipinski definition) is 2. The van der Waals surface area contributed by atoms with Crippen LogP contribution in [0.2, 0.25) is 0 Å². The third kappa shape index (κ3) is 4.57. The molecule has 1 saturated heterocycles. The number of ether oxygens (including phenoxy) is 1. The monoisotopic (exact) mass is 413 g/mol. The minimum Gasteiger partial charge on any atom is -0.507 e. The summed E-state index contributed by atoms with van der Waals surface area (Å²) in [7, 11) is 4.07. The second-order valence-corrected chi connectivity index (χ2v) is 7.69. The van der Waals surface area contributed by atoms with Crippen LogP contribution in [0.4, 0.5) is 0 Å². The molecule has 0 aliphatic carbocycles. The van der Waals surface area contributed by atoms with Gasteiger partial charge in [0, 0.05) is 18.5 Å². The lowest BCUT2D eigenvalue weighted by Gasteiger charge is -2.23. The summed E-state index contributed by atoms with van der Waals surface area (Å²) in [6, 6.07) is 9.53. The highest BCUT2D eigenvalue weighted by atomic mass is 16.5. The summed E-state index contributed by atoms with van der Waals surface area (Å²) in [5, 5.41) is 11.0. The third-order valence-corrected chi connectivity index (χ3v) is 5.03. The molecule has 2 heterocycles. The molecule has 1 aliphatic rings. The summed E-state index contributed by atoms with van der Waals surface area (Å²) in [4.78, 5) is 28.4. The molecule has 1 fully saturated rings. The maximum atomic E-state index is 12.9. The highest BCUT2D eigenvalue weighted by Crippen LogP contribution is 2.39. The van der Waals surface area contributed by atoms with Crippen molar-refractivity contribution < 1.29 is 28.7 Å². The summed E-state index contributed by atoms with van der Waals surface area (Å²) in [5.41, 5.74) is 0.500. The van der Waals surface area contributed by atoms with Crippen LogP contribution in [-0.2, 0) is 9.59 Å². The molecule has 0 unspecified atom stereocenters. The number of hydrogen-bond acceptors (Lipinski definition) is 5. The number of rotatable bonds is 9. The number of benzene rings is 1. The largest absolute Gasteiger partial charge is 0.507 e. The van der Waals surface area contributed by atoms with Crippen molar-refractivity contribution in [3.8, 4) is 5.75 Å². The number of carbonyl (C=O) groups is 2. The molecule has 0 radical (unpaired) electrons. The van der Waals surface area contributed by atoms with Gasteiger partial charge in [0.2, 0.25) is 0 Å². The Morgan fingerprint density at radius 1 is 1.20 bits per heavy atom. The molecular formula is C23H29N2O5+. The molecule has 1 aliphatic heterocycles. The van der Waals surface area contributed by atoms with Crippen molar-refractivity contribution in [3.63, 3.8) is 0 Å². The molecule has 160 valence electrons. The number of aliphatic hydroxyl groups is 1. The topological polar surface area (TPSA) is 84.4 Å². The number of aliphatic hydroxyl groups excluding tert-OH is 1. The van der Waals surface area contributed by atoms with Gasteiger partial charge in [0.15, 0.2) is 0 Å². The molecule has 1 aromatic carbocycles. The van der Waals surface area contributed by atoms with Gasteiger partial charge in [-0.3, -0.25) is 9.59 Å². The number of likely N-dealkylation sites (tertiary alicyclic amines) is 1. The molecule has 7 heteroatoms. The Balaban J connectivity index is 1.95. The maximum Gasteiger partial charge on any atom is 0.295 e. The summed E-state index contributed by atoms with van der Waals surface area (Å²) < 4.78 is 11.1. The molecule has 1 amide bonds. The minimum atomic E-state index is -0.742. The van der Waals surface area contributed by atoms with E-state index in [1.54, 1.807) is 36.4 Å². The normalized spacial score (nSPS) is 18.4. The van der Waals surface area contributed by atoms with Crippen molar-refractivity contribution in [2.24, 2.45) is 0 Å². The van der Waals surface area contributed by atoms with Crippen molar-refractivity contribution in [3.05, 3.63) is 59.6 Å². The van der Waals surface area contributed by atoms with Crippen LogP contribution in [0.3, 0.4) is 0 Å². The number of nitrogens with one attached hydrogen (secondary N) is 1. The second-order valence-electron chi connectivity index (χ2n) is 7.69. The second kappa shape index (κ2) is 9.63. The van der Waals surface area contributed by atoms with Gasteiger partial charge in [0.1, 0.15) is 23.3 Å². The molecule has 3 rings (SSSR count). The van der Waals surface area contributed by atoms with Gasteiger partial charge < -0.3 is 24.1 Å². The molecule has 7 nitrogen and oxygen atoms in total. The third-order valence-electron chi connectivity index (χ3n) is 5.03. The quantitative estimate of drug-likeness (QED) is 0.373. The van der Waals surface area contributed by atoms with Crippen molar-refractivity contribution in [1.82, 2.24) is 4.90 Å². The van der Waals surface area contributed by atoms with Crippen LogP contribution < -0.4 is 9.64 Å². The average molecular weight is 413 g/mol. The van der Waals surface area contributed by atoms with E-state index in [4.69, 9.17) is 9.15 Å². The lowest BCUT2D eigenvalue weighted by atomic mass is 9.99. The van der Waals surface area contributed by atoms with E-state index in [9.17, 15) is 14.7 Å². The van der Waals surface area contributed by atoms with Crippen molar-refractivity contribution in [2.45, 2.75) is 25.8 Å². The van der Waals surface area contributed by atoms with Gasteiger partial charge in [-0.05, 0) is 42.8 Å². The van der Waals surface area contributed by atoms with Crippen LogP contribution in [0.15, 0.2) is 52.7 Å². The predicted octanol–water partition coefficient (Wildman–Crippen LogP) is 2.02. The van der Waals surface area contributed by atoms with Crippen LogP contribution >= 0.6 is 0 Å². The Labute approximate surface area is 176 Å².